The summed E-state index contributed by atoms with van der Waals surface area (Å²) in [6.07, 6.45) is 1.75. The van der Waals surface area contributed by atoms with Crippen molar-refractivity contribution >= 4 is 23.6 Å². The Hall–Kier alpha value is -3.79. The van der Waals surface area contributed by atoms with Gasteiger partial charge in [-0.3, -0.25) is 4.79 Å². The van der Waals surface area contributed by atoms with E-state index in [-0.39, 0.29) is 0 Å². The molecule has 0 saturated heterocycles. The first-order chi connectivity index (χ1) is 14.0. The zero-order chi connectivity index (χ0) is 21.2. The summed E-state index contributed by atoms with van der Waals surface area (Å²) in [6, 6.07) is 13.8. The van der Waals surface area contributed by atoms with Crippen LogP contribution in [0.2, 0.25) is 0 Å². The van der Waals surface area contributed by atoms with Crippen molar-refractivity contribution in [3.8, 4) is 17.6 Å². The number of esters is 1. The maximum absolute atomic E-state index is 12.2. The summed E-state index contributed by atoms with van der Waals surface area (Å²) in [6.45, 7) is 3.80. The number of nitrogens with zero attached hydrogens (tertiary/aromatic N) is 1. The Morgan fingerprint density at radius 2 is 1.97 bits per heavy atom. The monoisotopic (exact) mass is 394 g/mol. The predicted octanol–water partition coefficient (Wildman–Crippen LogP) is 3.55. The van der Waals surface area contributed by atoms with Gasteiger partial charge in [0.1, 0.15) is 6.07 Å². The van der Waals surface area contributed by atoms with E-state index in [2.05, 4.69) is 5.32 Å². The third-order valence-corrected chi connectivity index (χ3v) is 3.87. The van der Waals surface area contributed by atoms with Crippen molar-refractivity contribution in [1.82, 2.24) is 0 Å². The first-order valence-electron chi connectivity index (χ1n) is 8.98. The Balaban J connectivity index is 1.98. The number of methoxy groups -OCH3 is 1. The molecule has 0 radical (unpaired) electrons. The van der Waals surface area contributed by atoms with E-state index in [4.69, 9.17) is 19.5 Å². The number of ether oxygens (including phenoxy) is 3. The number of nitrogens with one attached hydrogen (secondary N) is 1. The summed E-state index contributed by atoms with van der Waals surface area (Å²) in [5.74, 6) is -0.0449. The Kier molecular flexibility index (Phi) is 7.80. The molecule has 1 atom stereocenters. The molecule has 0 aliphatic heterocycles. The van der Waals surface area contributed by atoms with Crippen molar-refractivity contribution in [2.75, 3.05) is 19.0 Å². The van der Waals surface area contributed by atoms with E-state index in [0.717, 1.165) is 0 Å². The van der Waals surface area contributed by atoms with E-state index in [1.165, 1.54) is 13.0 Å². The smallest absolute Gasteiger partial charge is 0.331 e. The second-order valence-electron chi connectivity index (χ2n) is 5.90. The predicted molar refractivity (Wildman–Crippen MR) is 109 cm³/mol. The highest BCUT2D eigenvalue weighted by Crippen LogP contribution is 2.28. The molecule has 1 N–H and O–H groups in total. The standard InChI is InChI=1S/C22H22N2O5/c1-4-28-20-13-16(9-11-19(20)27-3)10-12-21(25)29-15(2)22(26)24-18-8-6-5-7-17(18)14-23/h5-13,15H,4H2,1-3H3,(H,24,26)/b12-10+/t15-/m1/s1. The maximum atomic E-state index is 12.2. The van der Waals surface area contributed by atoms with Gasteiger partial charge in [-0.25, -0.2) is 4.79 Å². The molecule has 0 unspecified atom stereocenters. The molecule has 2 aromatic rings. The van der Waals surface area contributed by atoms with E-state index >= 15 is 0 Å². The van der Waals surface area contributed by atoms with Crippen LogP contribution in [0.5, 0.6) is 11.5 Å². The molecule has 0 aliphatic rings. The van der Waals surface area contributed by atoms with Crippen LogP contribution in [0.3, 0.4) is 0 Å². The number of hydrogen-bond donors (Lipinski definition) is 1. The summed E-state index contributed by atoms with van der Waals surface area (Å²) in [5, 5.41) is 11.6. The fourth-order valence-electron chi connectivity index (χ4n) is 2.42. The van der Waals surface area contributed by atoms with Crippen molar-refractivity contribution in [2.24, 2.45) is 0 Å². The molecular formula is C22H22N2O5. The molecular weight excluding hydrogens is 372 g/mol. The molecule has 2 aromatic carbocycles. The number of hydrogen-bond acceptors (Lipinski definition) is 6. The number of nitriles is 1. The van der Waals surface area contributed by atoms with Crippen LogP contribution in [0.4, 0.5) is 5.69 Å². The zero-order valence-electron chi connectivity index (χ0n) is 16.5. The lowest BCUT2D eigenvalue weighted by Gasteiger charge is -2.13. The first kappa shape index (κ1) is 21.5. The highest BCUT2D eigenvalue weighted by molar-refractivity contribution is 5.97. The second-order valence-corrected chi connectivity index (χ2v) is 5.90. The molecule has 150 valence electrons. The molecule has 0 aromatic heterocycles. The first-order valence-corrected chi connectivity index (χ1v) is 8.98. The number of benzene rings is 2. The molecule has 0 heterocycles. The van der Waals surface area contributed by atoms with Crippen LogP contribution in [0.1, 0.15) is 25.0 Å². The second kappa shape index (κ2) is 10.5. The SMILES string of the molecule is CCOc1cc(/C=C/C(=O)O[C@H](C)C(=O)Nc2ccccc2C#N)ccc1OC. The van der Waals surface area contributed by atoms with Gasteiger partial charge in [0.15, 0.2) is 17.6 Å². The van der Waals surface area contributed by atoms with E-state index < -0.39 is 18.0 Å². The van der Waals surface area contributed by atoms with E-state index in [1.807, 2.05) is 13.0 Å². The molecule has 0 aliphatic carbocycles. The lowest BCUT2D eigenvalue weighted by Crippen LogP contribution is -2.29. The lowest BCUT2D eigenvalue weighted by molar-refractivity contribution is -0.148. The number of carbonyl (C=O) groups is 2. The van der Waals surface area contributed by atoms with Crippen molar-refractivity contribution in [1.29, 1.82) is 5.26 Å². The zero-order valence-corrected chi connectivity index (χ0v) is 16.5. The van der Waals surface area contributed by atoms with Crippen LogP contribution in [0.15, 0.2) is 48.5 Å². The highest BCUT2D eigenvalue weighted by Gasteiger charge is 2.17. The quantitative estimate of drug-likeness (QED) is 0.543. The van der Waals surface area contributed by atoms with Gasteiger partial charge < -0.3 is 19.5 Å². The molecule has 7 nitrogen and oxygen atoms in total. The average molecular weight is 394 g/mol. The third kappa shape index (κ3) is 6.11. The largest absolute Gasteiger partial charge is 0.493 e. The minimum Gasteiger partial charge on any atom is -0.493 e. The van der Waals surface area contributed by atoms with Gasteiger partial charge in [0.05, 0.1) is 25.0 Å². The minimum atomic E-state index is -1.03. The fraction of sp³-hybridized carbons (Fsp3) is 0.227. The molecule has 1 amide bonds. The van der Waals surface area contributed by atoms with Gasteiger partial charge in [0.2, 0.25) is 0 Å². The van der Waals surface area contributed by atoms with E-state index in [0.29, 0.717) is 34.9 Å². The maximum Gasteiger partial charge on any atom is 0.331 e. The summed E-state index contributed by atoms with van der Waals surface area (Å²) in [5.41, 5.74) is 1.40. The summed E-state index contributed by atoms with van der Waals surface area (Å²) >= 11 is 0. The van der Waals surface area contributed by atoms with Crippen LogP contribution in [-0.4, -0.2) is 31.7 Å². The lowest BCUT2D eigenvalue weighted by atomic mass is 10.2. The van der Waals surface area contributed by atoms with Gasteiger partial charge in [0.25, 0.3) is 5.91 Å². The van der Waals surface area contributed by atoms with Gasteiger partial charge in [-0.05, 0) is 49.8 Å². The Morgan fingerprint density at radius 3 is 2.66 bits per heavy atom. The Labute approximate surface area is 169 Å². The van der Waals surface area contributed by atoms with Crippen LogP contribution in [-0.2, 0) is 14.3 Å². The van der Waals surface area contributed by atoms with Crippen LogP contribution >= 0.6 is 0 Å². The Morgan fingerprint density at radius 1 is 1.21 bits per heavy atom. The number of carbonyl (C=O) groups excluding carboxylic acids is 2. The summed E-state index contributed by atoms with van der Waals surface area (Å²) in [7, 11) is 1.55. The van der Waals surface area contributed by atoms with E-state index in [1.54, 1.807) is 55.7 Å². The van der Waals surface area contributed by atoms with E-state index in [9.17, 15) is 9.59 Å². The summed E-state index contributed by atoms with van der Waals surface area (Å²) in [4.78, 5) is 24.3. The molecule has 2 rings (SSSR count). The molecule has 0 spiro atoms. The molecule has 0 fully saturated rings. The molecule has 0 saturated carbocycles. The van der Waals surface area contributed by atoms with Crippen molar-refractivity contribution in [3.63, 3.8) is 0 Å². The minimum absolute atomic E-state index is 0.323. The fourth-order valence-corrected chi connectivity index (χ4v) is 2.42. The molecule has 29 heavy (non-hydrogen) atoms. The Bertz CT molecular complexity index is 946. The average Bonchev–Trinajstić information content (AvgIpc) is 2.73. The van der Waals surface area contributed by atoms with Crippen LogP contribution in [0, 0.1) is 11.3 Å². The topological polar surface area (TPSA) is 97.6 Å². The van der Waals surface area contributed by atoms with Crippen molar-refractivity contribution < 1.29 is 23.8 Å². The number of rotatable bonds is 8. The highest BCUT2D eigenvalue weighted by atomic mass is 16.5. The number of anilines is 1. The normalized spacial score (nSPS) is 11.4. The van der Waals surface area contributed by atoms with Gasteiger partial charge in [0, 0.05) is 6.08 Å². The van der Waals surface area contributed by atoms with Gasteiger partial charge in [-0.15, -0.1) is 0 Å². The van der Waals surface area contributed by atoms with Gasteiger partial charge >= 0.3 is 5.97 Å². The van der Waals surface area contributed by atoms with Crippen LogP contribution < -0.4 is 14.8 Å². The van der Waals surface area contributed by atoms with Gasteiger partial charge in [-0.2, -0.15) is 5.26 Å². The van der Waals surface area contributed by atoms with Crippen LogP contribution in [0.25, 0.3) is 6.08 Å². The number of amides is 1. The summed E-state index contributed by atoms with van der Waals surface area (Å²) < 4.78 is 15.8. The third-order valence-electron chi connectivity index (χ3n) is 3.87. The van der Waals surface area contributed by atoms with Crippen molar-refractivity contribution in [3.05, 3.63) is 59.7 Å². The van der Waals surface area contributed by atoms with Gasteiger partial charge in [-0.1, -0.05) is 18.2 Å². The molecule has 0 bridgehead atoms. The molecule has 7 heteroatoms. The number of para-hydroxylation sites is 1. The van der Waals surface area contributed by atoms with Crippen molar-refractivity contribution in [2.45, 2.75) is 20.0 Å².